The van der Waals surface area contributed by atoms with Gasteiger partial charge in [-0.1, -0.05) is 42.4 Å². The number of carbonyl (C=O) groups excluding carboxylic acids is 1. The Morgan fingerprint density at radius 2 is 1.95 bits per heavy atom. The summed E-state index contributed by atoms with van der Waals surface area (Å²) in [7, 11) is 2.16. The number of likely N-dealkylation sites (N-methyl/N-ethyl adjacent to an activating group) is 1. The zero-order valence-electron chi connectivity index (χ0n) is 23.1. The lowest BCUT2D eigenvalue weighted by atomic mass is 10.0. The Balaban J connectivity index is 1.21. The minimum atomic E-state index is 0.125. The van der Waals surface area contributed by atoms with Gasteiger partial charge in [-0.15, -0.1) is 0 Å². The van der Waals surface area contributed by atoms with Gasteiger partial charge in [-0.3, -0.25) is 4.79 Å². The van der Waals surface area contributed by atoms with Gasteiger partial charge >= 0.3 is 6.01 Å². The number of hydrogen-bond donors (Lipinski definition) is 0. The number of anilines is 2. The number of carbonyl (C=O) groups is 1. The van der Waals surface area contributed by atoms with Crippen LogP contribution in [0.4, 0.5) is 11.5 Å². The molecule has 0 amide bonds. The van der Waals surface area contributed by atoms with Crippen molar-refractivity contribution in [3.63, 3.8) is 0 Å². The van der Waals surface area contributed by atoms with E-state index in [0.717, 1.165) is 78.4 Å². The van der Waals surface area contributed by atoms with E-state index < -0.39 is 0 Å². The molecule has 7 nitrogen and oxygen atoms in total. The number of rotatable bonds is 7. The van der Waals surface area contributed by atoms with Gasteiger partial charge in [0.1, 0.15) is 12.4 Å². The van der Waals surface area contributed by atoms with E-state index in [2.05, 4.69) is 52.6 Å². The molecule has 208 valence electrons. The highest BCUT2D eigenvalue weighted by Gasteiger charge is 2.55. The number of nitrogens with zero attached hydrogens (tertiary/aromatic N) is 5. The van der Waals surface area contributed by atoms with Crippen molar-refractivity contribution in [1.29, 1.82) is 0 Å². The summed E-state index contributed by atoms with van der Waals surface area (Å²) in [4.78, 5) is 29.6. The van der Waals surface area contributed by atoms with Crippen molar-refractivity contribution in [2.45, 2.75) is 38.3 Å². The lowest BCUT2D eigenvalue weighted by molar-refractivity contribution is -0.116. The summed E-state index contributed by atoms with van der Waals surface area (Å²) in [6.07, 6.45) is 5.69. The van der Waals surface area contributed by atoms with Crippen LogP contribution in [-0.2, 0) is 17.8 Å². The smallest absolute Gasteiger partial charge is 0.318 e. The van der Waals surface area contributed by atoms with Crippen LogP contribution in [0, 0.1) is 17.8 Å². The molecule has 1 unspecified atom stereocenters. The Hall–Kier alpha value is -3.16. The summed E-state index contributed by atoms with van der Waals surface area (Å²) in [6, 6.07) is 13.3. The second-order valence-corrected chi connectivity index (χ2v) is 12.2. The van der Waals surface area contributed by atoms with Crippen molar-refractivity contribution < 1.29 is 9.53 Å². The molecule has 2 saturated heterocycles. The fourth-order valence-corrected chi connectivity index (χ4v) is 7.59. The molecule has 7 rings (SSSR count). The lowest BCUT2D eigenvalue weighted by Gasteiger charge is -2.35. The average Bonchev–Trinajstić information content (AvgIpc) is 3.56. The van der Waals surface area contributed by atoms with Crippen LogP contribution in [0.25, 0.3) is 10.8 Å². The van der Waals surface area contributed by atoms with Gasteiger partial charge in [-0.2, -0.15) is 9.97 Å². The van der Waals surface area contributed by atoms with Crippen LogP contribution < -0.4 is 14.5 Å². The second kappa shape index (κ2) is 10.3. The van der Waals surface area contributed by atoms with Gasteiger partial charge in [0.2, 0.25) is 0 Å². The summed E-state index contributed by atoms with van der Waals surface area (Å²) in [5.41, 5.74) is 3.36. The van der Waals surface area contributed by atoms with Crippen LogP contribution in [0.15, 0.2) is 49.1 Å². The Labute approximate surface area is 240 Å². The maximum Gasteiger partial charge on any atom is 0.318 e. The number of halogens is 1. The molecule has 3 aromatic rings. The Bertz CT molecular complexity index is 1470. The maximum absolute atomic E-state index is 12.4. The van der Waals surface area contributed by atoms with E-state index >= 15 is 0 Å². The quantitative estimate of drug-likeness (QED) is 0.372. The molecule has 40 heavy (non-hydrogen) atoms. The molecular weight excluding hydrogens is 522 g/mol. The molecule has 0 N–H and O–H groups in total. The fourth-order valence-electron chi connectivity index (χ4n) is 7.31. The Morgan fingerprint density at radius 1 is 1.10 bits per heavy atom. The summed E-state index contributed by atoms with van der Waals surface area (Å²) in [6.45, 7) is 8.71. The third kappa shape index (κ3) is 4.53. The van der Waals surface area contributed by atoms with Crippen molar-refractivity contribution in [1.82, 2.24) is 14.9 Å². The van der Waals surface area contributed by atoms with Crippen LogP contribution in [0.3, 0.4) is 0 Å². The molecule has 8 heteroatoms. The molecule has 4 aliphatic rings. The monoisotopic (exact) mass is 557 g/mol. The average molecular weight is 558 g/mol. The zero-order chi connectivity index (χ0) is 27.4. The molecule has 1 aliphatic carbocycles. The SMILES string of the molecule is C=CC(=O)[C@@H]1C2CCN(c3nc(OC[C@@H]4CCCN4C)nc4c3CCN(c3cccc5cccc(Cl)c35)C4)C[C@@H]21. The molecule has 1 saturated carbocycles. The van der Waals surface area contributed by atoms with E-state index in [1.807, 2.05) is 12.1 Å². The summed E-state index contributed by atoms with van der Waals surface area (Å²) >= 11 is 6.70. The first-order valence-electron chi connectivity index (χ1n) is 14.6. The zero-order valence-corrected chi connectivity index (χ0v) is 23.8. The Kier molecular flexibility index (Phi) is 6.67. The first kappa shape index (κ1) is 25.8. The van der Waals surface area contributed by atoms with Gasteiger partial charge in [-0.25, -0.2) is 0 Å². The molecular formula is C32H36ClN5O2. The summed E-state index contributed by atoms with van der Waals surface area (Å²) < 4.78 is 6.30. The third-order valence-corrected chi connectivity index (χ3v) is 9.91. The third-order valence-electron chi connectivity index (χ3n) is 9.60. The normalized spacial score (nSPS) is 25.9. The van der Waals surface area contributed by atoms with Gasteiger partial charge in [0.05, 0.1) is 17.3 Å². The van der Waals surface area contributed by atoms with Crippen molar-refractivity contribution in [2.24, 2.45) is 17.8 Å². The number of benzene rings is 2. The number of likely N-dealkylation sites (tertiary alicyclic amines) is 1. The molecule has 3 fully saturated rings. The van der Waals surface area contributed by atoms with Gasteiger partial charge in [0, 0.05) is 48.2 Å². The second-order valence-electron chi connectivity index (χ2n) is 11.8. The Morgan fingerprint density at radius 3 is 2.75 bits per heavy atom. The van der Waals surface area contributed by atoms with Crippen molar-refractivity contribution in [3.8, 4) is 6.01 Å². The van der Waals surface area contributed by atoms with Gasteiger partial charge in [0.25, 0.3) is 0 Å². The number of hydrogen-bond acceptors (Lipinski definition) is 7. The fraction of sp³-hybridized carbons (Fsp3) is 0.469. The van der Waals surface area contributed by atoms with Crippen LogP contribution in [0.5, 0.6) is 6.01 Å². The minimum Gasteiger partial charge on any atom is -0.462 e. The van der Waals surface area contributed by atoms with Crippen LogP contribution >= 0.6 is 11.6 Å². The minimum absolute atomic E-state index is 0.125. The predicted molar refractivity (Wildman–Crippen MR) is 159 cm³/mol. The standard InChI is InChI=1S/C32H36ClN5O2/c1-3-28(39)30-22-12-16-38(17-24(22)30)31-23-13-15-37(27-11-5-8-20-7-4-10-25(33)29(20)27)18-26(23)34-32(35-31)40-19-21-9-6-14-36(21)2/h3-5,7-8,10-11,21-22,24,30H,1,6,9,12-19H2,2H3/t21-,22?,24-,30+/m0/s1. The highest BCUT2D eigenvalue weighted by molar-refractivity contribution is 6.36. The molecule has 3 aliphatic heterocycles. The van der Waals surface area contributed by atoms with Crippen molar-refractivity contribution in [3.05, 3.63) is 65.3 Å². The molecule has 4 heterocycles. The van der Waals surface area contributed by atoms with Crippen LogP contribution in [0.2, 0.25) is 5.02 Å². The number of ether oxygens (including phenoxy) is 1. The summed E-state index contributed by atoms with van der Waals surface area (Å²) in [5.74, 6) is 2.18. The largest absolute Gasteiger partial charge is 0.462 e. The molecule has 0 radical (unpaired) electrons. The molecule has 4 atom stereocenters. The van der Waals surface area contributed by atoms with E-state index in [9.17, 15) is 4.79 Å². The number of fused-ring (bicyclic) bond motifs is 3. The predicted octanol–water partition coefficient (Wildman–Crippen LogP) is 5.15. The molecule has 1 aromatic heterocycles. The highest BCUT2D eigenvalue weighted by Crippen LogP contribution is 2.53. The first-order valence-corrected chi connectivity index (χ1v) is 15.0. The van der Waals surface area contributed by atoms with Gasteiger partial charge in [-0.05, 0) is 74.7 Å². The van der Waals surface area contributed by atoms with E-state index in [-0.39, 0.29) is 11.7 Å². The van der Waals surface area contributed by atoms with Gasteiger partial charge < -0.3 is 19.4 Å². The van der Waals surface area contributed by atoms with Gasteiger partial charge in [0.15, 0.2) is 5.78 Å². The van der Waals surface area contributed by atoms with E-state index in [0.29, 0.717) is 37.0 Å². The lowest BCUT2D eigenvalue weighted by Crippen LogP contribution is -2.37. The van der Waals surface area contributed by atoms with E-state index in [4.69, 9.17) is 26.3 Å². The number of allylic oxidation sites excluding steroid dienone is 1. The van der Waals surface area contributed by atoms with E-state index in [1.165, 1.54) is 18.1 Å². The van der Waals surface area contributed by atoms with E-state index in [1.54, 1.807) is 0 Å². The number of aromatic nitrogens is 2. The van der Waals surface area contributed by atoms with Crippen molar-refractivity contribution in [2.75, 3.05) is 49.6 Å². The van der Waals surface area contributed by atoms with Crippen LogP contribution in [0.1, 0.15) is 30.5 Å². The molecule has 0 bridgehead atoms. The van der Waals surface area contributed by atoms with Crippen LogP contribution in [-0.4, -0.2) is 66.5 Å². The number of ketones is 1. The topological polar surface area (TPSA) is 61.8 Å². The first-order chi connectivity index (χ1) is 19.5. The summed E-state index contributed by atoms with van der Waals surface area (Å²) in [5, 5.41) is 2.99. The molecule has 2 aromatic carbocycles. The maximum atomic E-state index is 12.4. The number of piperidine rings is 1. The molecule has 0 spiro atoms. The highest BCUT2D eigenvalue weighted by atomic mass is 35.5. The van der Waals surface area contributed by atoms with Crippen molar-refractivity contribution >= 4 is 39.7 Å².